The molecule has 6 heteroatoms. The van der Waals surface area contributed by atoms with Crippen molar-refractivity contribution in [1.82, 2.24) is 4.72 Å². The van der Waals surface area contributed by atoms with Gasteiger partial charge < -0.3 is 5.73 Å². The monoisotopic (exact) mass is 270 g/mol. The molecule has 3 N–H and O–H groups in total. The highest BCUT2D eigenvalue weighted by Gasteiger charge is 2.23. The first-order chi connectivity index (χ1) is 6.79. The molecule has 1 rings (SSSR count). The smallest absolute Gasteiger partial charge is 0.211 e. The fourth-order valence-electron chi connectivity index (χ4n) is 1.84. The Kier molecular flexibility index (Phi) is 6.25. The molecular weight excluding hydrogens is 248 g/mol. The van der Waals surface area contributed by atoms with E-state index in [0.717, 1.165) is 12.8 Å². The lowest BCUT2D eigenvalue weighted by Gasteiger charge is -2.19. The molecule has 0 aromatic rings. The van der Waals surface area contributed by atoms with Crippen LogP contribution in [0.25, 0.3) is 0 Å². The zero-order valence-electron chi connectivity index (χ0n) is 10.0. The average molecular weight is 271 g/mol. The summed E-state index contributed by atoms with van der Waals surface area (Å²) in [5, 5.41) is 0. The first kappa shape index (κ1) is 16.2. The molecule has 0 atom stereocenters. The van der Waals surface area contributed by atoms with Crippen molar-refractivity contribution in [2.75, 3.05) is 12.3 Å². The van der Waals surface area contributed by atoms with E-state index in [4.69, 9.17) is 5.73 Å². The van der Waals surface area contributed by atoms with Crippen LogP contribution in [0.2, 0.25) is 0 Å². The zero-order valence-corrected chi connectivity index (χ0v) is 11.7. The lowest BCUT2D eigenvalue weighted by molar-refractivity contribution is 0.491. The van der Waals surface area contributed by atoms with Crippen LogP contribution >= 0.6 is 12.4 Å². The van der Waals surface area contributed by atoms with E-state index >= 15 is 0 Å². The topological polar surface area (TPSA) is 72.2 Å². The largest absolute Gasteiger partial charge is 0.324 e. The summed E-state index contributed by atoms with van der Waals surface area (Å²) in [5.74, 6) is 0.617. The van der Waals surface area contributed by atoms with Gasteiger partial charge in [-0.15, -0.1) is 12.4 Å². The molecule has 16 heavy (non-hydrogen) atoms. The molecule has 1 fully saturated rings. The molecule has 4 nitrogen and oxygen atoms in total. The minimum absolute atomic E-state index is 0. The van der Waals surface area contributed by atoms with Gasteiger partial charge in [-0.2, -0.15) is 0 Å². The third-order valence-corrected chi connectivity index (χ3v) is 4.17. The highest BCUT2D eigenvalue weighted by molar-refractivity contribution is 7.89. The molecule has 0 aromatic heterocycles. The molecular formula is C10H23ClN2O2S. The molecule has 0 spiro atoms. The SMILES string of the molecule is CC(C)(N)CNS(=O)(=O)CC1CCCC1.Cl. The summed E-state index contributed by atoms with van der Waals surface area (Å²) in [5.41, 5.74) is 5.24. The van der Waals surface area contributed by atoms with Crippen LogP contribution in [-0.4, -0.2) is 26.3 Å². The maximum absolute atomic E-state index is 11.7. The van der Waals surface area contributed by atoms with Gasteiger partial charge in [0.25, 0.3) is 0 Å². The van der Waals surface area contributed by atoms with E-state index in [9.17, 15) is 8.42 Å². The van der Waals surface area contributed by atoms with Crippen molar-refractivity contribution < 1.29 is 8.42 Å². The van der Waals surface area contributed by atoms with Crippen molar-refractivity contribution in [2.45, 2.75) is 45.1 Å². The van der Waals surface area contributed by atoms with Crippen LogP contribution in [-0.2, 0) is 10.0 Å². The molecule has 0 bridgehead atoms. The summed E-state index contributed by atoms with van der Waals surface area (Å²) in [6.07, 6.45) is 4.44. The predicted octanol–water partition coefficient (Wildman–Crippen LogP) is 1.26. The molecule has 1 aliphatic rings. The summed E-state index contributed by atoms with van der Waals surface area (Å²) < 4.78 is 25.9. The van der Waals surface area contributed by atoms with Gasteiger partial charge in [0.05, 0.1) is 5.75 Å². The van der Waals surface area contributed by atoms with E-state index in [0.29, 0.717) is 12.5 Å². The van der Waals surface area contributed by atoms with Gasteiger partial charge in [0, 0.05) is 12.1 Å². The van der Waals surface area contributed by atoms with E-state index < -0.39 is 15.6 Å². The quantitative estimate of drug-likeness (QED) is 0.790. The Bertz CT molecular complexity index is 292. The van der Waals surface area contributed by atoms with Crippen LogP contribution in [0.5, 0.6) is 0 Å². The first-order valence-electron chi connectivity index (χ1n) is 5.55. The number of nitrogens with two attached hydrogens (primary N) is 1. The van der Waals surface area contributed by atoms with Crippen LogP contribution in [0.15, 0.2) is 0 Å². The van der Waals surface area contributed by atoms with Gasteiger partial charge in [0.1, 0.15) is 0 Å². The lowest BCUT2D eigenvalue weighted by Crippen LogP contribution is -2.46. The molecule has 98 valence electrons. The van der Waals surface area contributed by atoms with E-state index in [-0.39, 0.29) is 18.2 Å². The Balaban J connectivity index is 0.00000225. The standard InChI is InChI=1S/C10H22N2O2S.ClH/c1-10(2,11)8-12-15(13,14)7-9-5-3-4-6-9;/h9,12H,3-8,11H2,1-2H3;1H. The van der Waals surface area contributed by atoms with Gasteiger partial charge in [-0.3, -0.25) is 0 Å². The van der Waals surface area contributed by atoms with E-state index in [1.54, 1.807) is 0 Å². The molecule has 0 aliphatic heterocycles. The van der Waals surface area contributed by atoms with Gasteiger partial charge in [0.15, 0.2) is 0 Å². The highest BCUT2D eigenvalue weighted by Crippen LogP contribution is 2.25. The van der Waals surface area contributed by atoms with Crippen LogP contribution in [0, 0.1) is 5.92 Å². The minimum Gasteiger partial charge on any atom is -0.324 e. The Hall–Kier alpha value is 0.160. The zero-order chi connectivity index (χ0) is 11.5. The van der Waals surface area contributed by atoms with Gasteiger partial charge in [0.2, 0.25) is 10.0 Å². The highest BCUT2D eigenvalue weighted by atomic mass is 35.5. The molecule has 1 aliphatic carbocycles. The number of hydrogen-bond donors (Lipinski definition) is 2. The van der Waals surface area contributed by atoms with Gasteiger partial charge in [-0.05, 0) is 32.6 Å². The van der Waals surface area contributed by atoms with Gasteiger partial charge in [-0.1, -0.05) is 12.8 Å². The Morgan fingerprint density at radius 1 is 1.31 bits per heavy atom. The molecule has 0 saturated heterocycles. The fourth-order valence-corrected chi connectivity index (χ4v) is 3.51. The predicted molar refractivity (Wildman–Crippen MR) is 69.3 cm³/mol. The molecule has 0 aromatic carbocycles. The van der Waals surface area contributed by atoms with Crippen molar-refractivity contribution >= 4 is 22.4 Å². The van der Waals surface area contributed by atoms with Gasteiger partial charge in [-0.25, -0.2) is 13.1 Å². The summed E-state index contributed by atoms with van der Waals surface area (Å²) in [6.45, 7) is 3.93. The number of rotatable bonds is 5. The van der Waals surface area contributed by atoms with E-state index in [2.05, 4.69) is 4.72 Å². The fraction of sp³-hybridized carbons (Fsp3) is 1.00. The maximum atomic E-state index is 11.7. The Morgan fingerprint density at radius 3 is 2.25 bits per heavy atom. The second-order valence-electron chi connectivity index (χ2n) is 5.24. The second kappa shape index (κ2) is 6.19. The van der Waals surface area contributed by atoms with Crippen molar-refractivity contribution in [3.05, 3.63) is 0 Å². The van der Waals surface area contributed by atoms with Crippen LogP contribution in [0.1, 0.15) is 39.5 Å². The van der Waals surface area contributed by atoms with Crippen molar-refractivity contribution in [3.63, 3.8) is 0 Å². The first-order valence-corrected chi connectivity index (χ1v) is 7.20. The molecule has 0 radical (unpaired) electrons. The third-order valence-electron chi connectivity index (χ3n) is 2.68. The summed E-state index contributed by atoms with van der Waals surface area (Å²) in [4.78, 5) is 0. The minimum atomic E-state index is -3.13. The number of hydrogen-bond acceptors (Lipinski definition) is 3. The number of sulfonamides is 1. The van der Waals surface area contributed by atoms with Crippen LogP contribution in [0.4, 0.5) is 0 Å². The maximum Gasteiger partial charge on any atom is 0.211 e. The summed E-state index contributed by atoms with van der Waals surface area (Å²) >= 11 is 0. The Morgan fingerprint density at radius 2 is 1.81 bits per heavy atom. The second-order valence-corrected chi connectivity index (χ2v) is 7.09. The average Bonchev–Trinajstić information content (AvgIpc) is 2.52. The molecule has 0 unspecified atom stereocenters. The summed E-state index contributed by atoms with van der Waals surface area (Å²) in [7, 11) is -3.13. The van der Waals surface area contributed by atoms with Crippen molar-refractivity contribution in [1.29, 1.82) is 0 Å². The van der Waals surface area contributed by atoms with Crippen molar-refractivity contribution in [3.8, 4) is 0 Å². The van der Waals surface area contributed by atoms with Crippen LogP contribution in [0.3, 0.4) is 0 Å². The van der Waals surface area contributed by atoms with Gasteiger partial charge >= 0.3 is 0 Å². The van der Waals surface area contributed by atoms with Crippen molar-refractivity contribution in [2.24, 2.45) is 11.7 Å². The number of halogens is 1. The lowest BCUT2D eigenvalue weighted by atomic mass is 10.1. The third kappa shape index (κ3) is 6.68. The summed E-state index contributed by atoms with van der Waals surface area (Å²) in [6, 6.07) is 0. The van der Waals surface area contributed by atoms with E-state index in [1.165, 1.54) is 12.8 Å². The molecule has 0 amide bonds. The molecule has 1 saturated carbocycles. The Labute approximate surface area is 105 Å². The number of nitrogens with one attached hydrogen (secondary N) is 1. The van der Waals surface area contributed by atoms with Crippen LogP contribution < -0.4 is 10.5 Å². The molecule has 0 heterocycles. The van der Waals surface area contributed by atoms with E-state index in [1.807, 2.05) is 13.8 Å². The normalized spacial score (nSPS) is 18.4.